The van der Waals surface area contributed by atoms with Gasteiger partial charge in [-0.1, -0.05) is 32.9 Å². The van der Waals surface area contributed by atoms with Crippen molar-refractivity contribution >= 4 is 17.6 Å². The van der Waals surface area contributed by atoms with Crippen molar-refractivity contribution in [3.05, 3.63) is 59.4 Å². The number of esters is 1. The molecular weight excluding hydrogens is 309 g/mol. The lowest BCUT2D eigenvalue weighted by molar-refractivity contribution is -0.131. The molecule has 1 amide bonds. The van der Waals surface area contributed by atoms with Gasteiger partial charge in [0.15, 0.2) is 0 Å². The third kappa shape index (κ3) is 4.41. The van der Waals surface area contributed by atoms with Gasteiger partial charge in [0.2, 0.25) is 0 Å². The van der Waals surface area contributed by atoms with E-state index in [0.29, 0.717) is 5.69 Å². The van der Waals surface area contributed by atoms with Gasteiger partial charge in [-0.25, -0.2) is 4.39 Å². The van der Waals surface area contributed by atoms with E-state index in [1.54, 1.807) is 12.1 Å². The lowest BCUT2D eigenvalue weighted by atomic mass is 9.87. The number of hydrogen-bond acceptors (Lipinski definition) is 3. The lowest BCUT2D eigenvalue weighted by Crippen LogP contribution is -2.16. The van der Waals surface area contributed by atoms with E-state index in [1.807, 2.05) is 12.1 Å². The average molecular weight is 329 g/mol. The topological polar surface area (TPSA) is 55.4 Å². The van der Waals surface area contributed by atoms with Gasteiger partial charge in [0.1, 0.15) is 11.6 Å². The fourth-order valence-electron chi connectivity index (χ4n) is 2.18. The van der Waals surface area contributed by atoms with Crippen LogP contribution in [0.2, 0.25) is 0 Å². The zero-order chi connectivity index (χ0) is 17.9. The standard InChI is InChI=1S/C19H20FNO3/c1-12(22)24-17-10-7-14(20)11-16(17)18(23)21-15-8-5-13(6-9-15)19(2,3)4/h5-11H,1-4H3,(H,21,23). The highest BCUT2D eigenvalue weighted by atomic mass is 19.1. The smallest absolute Gasteiger partial charge is 0.308 e. The van der Waals surface area contributed by atoms with Gasteiger partial charge in [0, 0.05) is 12.6 Å². The van der Waals surface area contributed by atoms with Crippen molar-refractivity contribution in [2.45, 2.75) is 33.1 Å². The molecule has 4 nitrogen and oxygen atoms in total. The Morgan fingerprint density at radius 1 is 1.04 bits per heavy atom. The summed E-state index contributed by atoms with van der Waals surface area (Å²) in [5.74, 6) is -1.69. The van der Waals surface area contributed by atoms with Crippen molar-refractivity contribution in [3.63, 3.8) is 0 Å². The maximum absolute atomic E-state index is 13.4. The van der Waals surface area contributed by atoms with Gasteiger partial charge in [-0.05, 0) is 41.3 Å². The summed E-state index contributed by atoms with van der Waals surface area (Å²) in [5, 5.41) is 2.68. The van der Waals surface area contributed by atoms with E-state index in [9.17, 15) is 14.0 Å². The minimum atomic E-state index is -0.584. The minimum Gasteiger partial charge on any atom is -0.426 e. The highest BCUT2D eigenvalue weighted by Gasteiger charge is 2.17. The van der Waals surface area contributed by atoms with Gasteiger partial charge < -0.3 is 10.1 Å². The van der Waals surface area contributed by atoms with Gasteiger partial charge in [-0.2, -0.15) is 0 Å². The van der Waals surface area contributed by atoms with Crippen LogP contribution in [0.3, 0.4) is 0 Å². The third-order valence-corrected chi connectivity index (χ3v) is 3.45. The maximum atomic E-state index is 13.4. The molecule has 126 valence electrons. The SMILES string of the molecule is CC(=O)Oc1ccc(F)cc1C(=O)Nc1ccc(C(C)(C)C)cc1. The van der Waals surface area contributed by atoms with Crippen molar-refractivity contribution in [2.24, 2.45) is 0 Å². The molecule has 0 atom stereocenters. The molecule has 0 aromatic heterocycles. The van der Waals surface area contributed by atoms with E-state index in [2.05, 4.69) is 26.1 Å². The van der Waals surface area contributed by atoms with Crippen LogP contribution in [-0.4, -0.2) is 11.9 Å². The summed E-state index contributed by atoms with van der Waals surface area (Å²) < 4.78 is 18.4. The Hall–Kier alpha value is -2.69. The van der Waals surface area contributed by atoms with Crippen LogP contribution in [0.4, 0.5) is 10.1 Å². The van der Waals surface area contributed by atoms with Crippen LogP contribution in [0.5, 0.6) is 5.75 Å². The molecular formula is C19H20FNO3. The number of anilines is 1. The average Bonchev–Trinajstić information content (AvgIpc) is 2.48. The molecule has 0 spiro atoms. The van der Waals surface area contributed by atoms with Crippen LogP contribution in [0.25, 0.3) is 0 Å². The predicted octanol–water partition coefficient (Wildman–Crippen LogP) is 4.30. The number of amides is 1. The van der Waals surface area contributed by atoms with Crippen LogP contribution in [-0.2, 0) is 10.2 Å². The van der Waals surface area contributed by atoms with Gasteiger partial charge >= 0.3 is 5.97 Å². The molecule has 0 aliphatic heterocycles. The summed E-state index contributed by atoms with van der Waals surface area (Å²) in [6.07, 6.45) is 0. The first kappa shape index (κ1) is 17.7. The molecule has 2 rings (SSSR count). The van der Waals surface area contributed by atoms with Crippen LogP contribution in [0.15, 0.2) is 42.5 Å². The molecule has 0 radical (unpaired) electrons. The molecule has 0 bridgehead atoms. The highest BCUT2D eigenvalue weighted by Crippen LogP contribution is 2.25. The first-order valence-corrected chi connectivity index (χ1v) is 7.56. The Morgan fingerprint density at radius 2 is 1.67 bits per heavy atom. The van der Waals surface area contributed by atoms with Crippen LogP contribution in [0.1, 0.15) is 43.6 Å². The molecule has 2 aromatic carbocycles. The van der Waals surface area contributed by atoms with E-state index in [1.165, 1.54) is 13.0 Å². The fraction of sp³-hybridized carbons (Fsp3) is 0.263. The minimum absolute atomic E-state index is 0.00753. The van der Waals surface area contributed by atoms with Gasteiger partial charge in [-0.15, -0.1) is 0 Å². The Bertz CT molecular complexity index is 761. The Balaban J connectivity index is 2.23. The summed E-state index contributed by atoms with van der Waals surface area (Å²) in [6.45, 7) is 7.51. The zero-order valence-electron chi connectivity index (χ0n) is 14.1. The van der Waals surface area contributed by atoms with Crippen molar-refractivity contribution in [2.75, 3.05) is 5.32 Å². The molecule has 0 saturated heterocycles. The van der Waals surface area contributed by atoms with E-state index in [4.69, 9.17) is 4.74 Å². The fourth-order valence-corrected chi connectivity index (χ4v) is 2.18. The summed E-state index contributed by atoms with van der Waals surface area (Å²) in [4.78, 5) is 23.5. The van der Waals surface area contributed by atoms with Crippen LogP contribution < -0.4 is 10.1 Å². The molecule has 0 aliphatic carbocycles. The summed E-state index contributed by atoms with van der Waals surface area (Å²) in [7, 11) is 0. The van der Waals surface area contributed by atoms with E-state index >= 15 is 0 Å². The number of carbonyl (C=O) groups is 2. The number of rotatable bonds is 3. The number of hydrogen-bond donors (Lipinski definition) is 1. The molecule has 0 saturated carbocycles. The van der Waals surface area contributed by atoms with E-state index in [0.717, 1.165) is 17.7 Å². The van der Waals surface area contributed by atoms with Crippen molar-refractivity contribution in [3.8, 4) is 5.75 Å². The third-order valence-electron chi connectivity index (χ3n) is 3.45. The molecule has 24 heavy (non-hydrogen) atoms. The molecule has 5 heteroatoms. The second kappa shape index (κ2) is 6.83. The maximum Gasteiger partial charge on any atom is 0.308 e. The number of carbonyl (C=O) groups excluding carboxylic acids is 2. The molecule has 0 fully saturated rings. The second-order valence-electron chi connectivity index (χ2n) is 6.52. The molecule has 0 unspecified atom stereocenters. The van der Waals surface area contributed by atoms with E-state index < -0.39 is 17.7 Å². The monoisotopic (exact) mass is 329 g/mol. The Kier molecular flexibility index (Phi) is 5.02. The number of halogens is 1. The van der Waals surface area contributed by atoms with Gasteiger partial charge in [0.05, 0.1) is 5.56 Å². The van der Waals surface area contributed by atoms with Crippen molar-refractivity contribution in [1.29, 1.82) is 0 Å². The van der Waals surface area contributed by atoms with E-state index in [-0.39, 0.29) is 16.7 Å². The van der Waals surface area contributed by atoms with Gasteiger partial charge in [-0.3, -0.25) is 9.59 Å². The highest BCUT2D eigenvalue weighted by molar-refractivity contribution is 6.06. The quantitative estimate of drug-likeness (QED) is 0.675. The van der Waals surface area contributed by atoms with Crippen molar-refractivity contribution in [1.82, 2.24) is 0 Å². The first-order chi connectivity index (χ1) is 11.2. The van der Waals surface area contributed by atoms with Gasteiger partial charge in [0.25, 0.3) is 5.91 Å². The first-order valence-electron chi connectivity index (χ1n) is 7.56. The molecule has 1 N–H and O–H groups in total. The molecule has 0 heterocycles. The largest absolute Gasteiger partial charge is 0.426 e. The number of benzene rings is 2. The van der Waals surface area contributed by atoms with Crippen LogP contribution in [0, 0.1) is 5.82 Å². The number of ether oxygens (including phenoxy) is 1. The Morgan fingerprint density at radius 3 is 2.21 bits per heavy atom. The molecule has 0 aliphatic rings. The Labute approximate surface area is 140 Å². The summed E-state index contributed by atoms with van der Waals surface area (Å²) >= 11 is 0. The number of nitrogens with one attached hydrogen (secondary N) is 1. The predicted molar refractivity (Wildman–Crippen MR) is 90.8 cm³/mol. The normalized spacial score (nSPS) is 11.0. The summed E-state index contributed by atoms with van der Waals surface area (Å²) in [6, 6.07) is 10.8. The lowest BCUT2D eigenvalue weighted by Gasteiger charge is -2.19. The van der Waals surface area contributed by atoms with Crippen LogP contribution >= 0.6 is 0 Å². The van der Waals surface area contributed by atoms with Crippen molar-refractivity contribution < 1.29 is 18.7 Å². The summed E-state index contributed by atoms with van der Waals surface area (Å²) in [5.41, 5.74) is 1.68. The molecule has 2 aromatic rings. The second-order valence-corrected chi connectivity index (χ2v) is 6.52. The zero-order valence-corrected chi connectivity index (χ0v) is 14.1.